The molecular formula is C15H29N3O3. The van der Waals surface area contributed by atoms with Gasteiger partial charge in [0.05, 0.1) is 0 Å². The Balaban J connectivity index is 5.06. The number of hydrogen-bond donors (Lipinski definition) is 3. The predicted octanol–water partition coefficient (Wildman–Crippen LogP) is 0.801. The molecular weight excluding hydrogens is 270 g/mol. The molecule has 0 aromatic rings. The third-order valence-corrected chi connectivity index (χ3v) is 3.24. The molecule has 0 bridgehead atoms. The summed E-state index contributed by atoms with van der Waals surface area (Å²) in [4.78, 5) is 35.5. The van der Waals surface area contributed by atoms with E-state index in [0.717, 1.165) is 0 Å². The predicted molar refractivity (Wildman–Crippen MR) is 82.2 cm³/mol. The van der Waals surface area contributed by atoms with Crippen LogP contribution in [0.2, 0.25) is 0 Å². The maximum Gasteiger partial charge on any atom is 0.242 e. The molecule has 0 aliphatic carbocycles. The Labute approximate surface area is 127 Å². The molecule has 0 radical (unpaired) electrons. The fourth-order valence-electron chi connectivity index (χ4n) is 2.17. The van der Waals surface area contributed by atoms with Crippen LogP contribution in [0.1, 0.15) is 47.5 Å². The Morgan fingerprint density at radius 1 is 1.10 bits per heavy atom. The number of nitrogens with two attached hydrogens (primary N) is 1. The number of rotatable bonds is 7. The molecule has 6 heteroatoms. The number of amides is 3. The first-order chi connectivity index (χ1) is 9.48. The van der Waals surface area contributed by atoms with Gasteiger partial charge in [-0.15, -0.1) is 0 Å². The third-order valence-electron chi connectivity index (χ3n) is 3.24. The maximum absolute atomic E-state index is 12.4. The molecule has 21 heavy (non-hydrogen) atoms. The number of nitrogens with one attached hydrogen (secondary N) is 2. The van der Waals surface area contributed by atoms with Gasteiger partial charge in [-0.2, -0.15) is 0 Å². The van der Waals surface area contributed by atoms with Crippen LogP contribution in [0.25, 0.3) is 0 Å². The van der Waals surface area contributed by atoms with Gasteiger partial charge in [-0.3, -0.25) is 14.4 Å². The molecule has 0 rings (SSSR count). The molecule has 0 spiro atoms. The van der Waals surface area contributed by atoms with E-state index in [0.29, 0.717) is 6.42 Å². The lowest BCUT2D eigenvalue weighted by molar-refractivity contribution is -0.135. The van der Waals surface area contributed by atoms with Crippen molar-refractivity contribution >= 4 is 17.7 Å². The smallest absolute Gasteiger partial charge is 0.242 e. The summed E-state index contributed by atoms with van der Waals surface area (Å²) in [7, 11) is 1.53. The minimum absolute atomic E-state index is 0.00534. The molecule has 122 valence electrons. The quantitative estimate of drug-likeness (QED) is 0.648. The van der Waals surface area contributed by atoms with Crippen molar-refractivity contribution in [1.82, 2.24) is 10.6 Å². The van der Waals surface area contributed by atoms with E-state index >= 15 is 0 Å². The monoisotopic (exact) mass is 299 g/mol. The van der Waals surface area contributed by atoms with E-state index < -0.39 is 23.3 Å². The van der Waals surface area contributed by atoms with E-state index in [1.807, 2.05) is 34.6 Å². The van der Waals surface area contributed by atoms with Gasteiger partial charge in [0, 0.05) is 19.4 Å². The second kappa shape index (κ2) is 8.00. The number of likely N-dealkylation sites (N-methyl/N-ethyl adjacent to an activating group) is 1. The van der Waals surface area contributed by atoms with Gasteiger partial charge in [0.1, 0.15) is 6.04 Å². The van der Waals surface area contributed by atoms with Crippen LogP contribution in [0.4, 0.5) is 0 Å². The van der Waals surface area contributed by atoms with E-state index in [9.17, 15) is 14.4 Å². The normalized spacial score (nSPS) is 14.4. The van der Waals surface area contributed by atoms with Crippen molar-refractivity contribution in [3.63, 3.8) is 0 Å². The lowest BCUT2D eigenvalue weighted by atomic mass is 9.85. The first kappa shape index (κ1) is 19.4. The molecule has 0 aromatic carbocycles. The Morgan fingerprint density at radius 3 is 1.95 bits per heavy atom. The minimum atomic E-state index is -0.655. The molecule has 0 heterocycles. The van der Waals surface area contributed by atoms with E-state index in [4.69, 9.17) is 5.73 Å². The minimum Gasteiger partial charge on any atom is -0.370 e. The topological polar surface area (TPSA) is 101 Å². The summed E-state index contributed by atoms with van der Waals surface area (Å²) in [5.74, 6) is -1.31. The zero-order chi connectivity index (χ0) is 16.8. The van der Waals surface area contributed by atoms with E-state index in [2.05, 4.69) is 10.6 Å². The summed E-state index contributed by atoms with van der Waals surface area (Å²) in [5.41, 5.74) is 4.79. The summed E-state index contributed by atoms with van der Waals surface area (Å²) < 4.78 is 0. The Hall–Kier alpha value is -1.59. The fourth-order valence-corrected chi connectivity index (χ4v) is 2.17. The van der Waals surface area contributed by atoms with Gasteiger partial charge >= 0.3 is 0 Å². The average Bonchev–Trinajstić information content (AvgIpc) is 2.31. The lowest BCUT2D eigenvalue weighted by Gasteiger charge is -2.31. The largest absolute Gasteiger partial charge is 0.370 e. The van der Waals surface area contributed by atoms with Gasteiger partial charge in [-0.25, -0.2) is 0 Å². The molecule has 0 saturated carbocycles. The van der Waals surface area contributed by atoms with Gasteiger partial charge in [-0.1, -0.05) is 34.6 Å². The summed E-state index contributed by atoms with van der Waals surface area (Å²) >= 11 is 0. The molecule has 4 N–H and O–H groups in total. The molecule has 0 aliphatic rings. The van der Waals surface area contributed by atoms with Gasteiger partial charge in [0.2, 0.25) is 17.7 Å². The highest BCUT2D eigenvalue weighted by atomic mass is 16.2. The highest BCUT2D eigenvalue weighted by molar-refractivity contribution is 5.90. The zero-order valence-electron chi connectivity index (χ0n) is 13.9. The molecule has 6 nitrogen and oxygen atoms in total. The van der Waals surface area contributed by atoms with Crippen molar-refractivity contribution in [1.29, 1.82) is 0 Å². The summed E-state index contributed by atoms with van der Waals surface area (Å²) in [6.45, 7) is 9.57. The van der Waals surface area contributed by atoms with Crippen molar-refractivity contribution in [3.8, 4) is 0 Å². The van der Waals surface area contributed by atoms with E-state index in [1.165, 1.54) is 7.05 Å². The summed E-state index contributed by atoms with van der Waals surface area (Å²) in [5, 5.41) is 5.31. The van der Waals surface area contributed by atoms with Crippen LogP contribution in [0.5, 0.6) is 0 Å². The van der Waals surface area contributed by atoms with Crippen LogP contribution in [-0.4, -0.2) is 30.8 Å². The standard InChI is InChI=1S/C15H29N3O3/c1-9(2)7-10(8-11(16)19)13(20)18-12(14(21)17-6)15(3,4)5/h9-10,12H,7-8H2,1-6H3,(H2,16,19)(H,17,21)(H,18,20). The van der Waals surface area contributed by atoms with Crippen LogP contribution < -0.4 is 16.4 Å². The molecule has 0 fully saturated rings. The highest BCUT2D eigenvalue weighted by Gasteiger charge is 2.34. The number of primary amides is 1. The number of carbonyl (C=O) groups excluding carboxylic acids is 3. The van der Waals surface area contributed by atoms with Crippen molar-refractivity contribution in [2.24, 2.45) is 23.0 Å². The highest BCUT2D eigenvalue weighted by Crippen LogP contribution is 2.22. The van der Waals surface area contributed by atoms with E-state index in [1.54, 1.807) is 0 Å². The van der Waals surface area contributed by atoms with Crippen molar-refractivity contribution < 1.29 is 14.4 Å². The van der Waals surface area contributed by atoms with Crippen molar-refractivity contribution in [2.75, 3.05) is 7.05 Å². The van der Waals surface area contributed by atoms with Gasteiger partial charge in [-0.05, 0) is 17.8 Å². The Bertz CT molecular complexity index is 386. The SMILES string of the molecule is CNC(=O)C(NC(=O)C(CC(N)=O)CC(C)C)C(C)(C)C. The van der Waals surface area contributed by atoms with Crippen LogP contribution in [0, 0.1) is 17.3 Å². The first-order valence-corrected chi connectivity index (χ1v) is 7.29. The average molecular weight is 299 g/mol. The van der Waals surface area contributed by atoms with Crippen LogP contribution in [-0.2, 0) is 14.4 Å². The third kappa shape index (κ3) is 7.11. The van der Waals surface area contributed by atoms with Crippen LogP contribution >= 0.6 is 0 Å². The maximum atomic E-state index is 12.4. The van der Waals surface area contributed by atoms with Crippen molar-refractivity contribution in [2.45, 2.75) is 53.5 Å². The van der Waals surface area contributed by atoms with E-state index in [-0.39, 0.29) is 24.2 Å². The summed E-state index contributed by atoms with van der Waals surface area (Å²) in [6.07, 6.45) is 0.550. The molecule has 2 unspecified atom stereocenters. The van der Waals surface area contributed by atoms with Crippen molar-refractivity contribution in [3.05, 3.63) is 0 Å². The second-order valence-corrected chi connectivity index (χ2v) is 6.92. The van der Waals surface area contributed by atoms with Crippen LogP contribution in [0.3, 0.4) is 0 Å². The Kier molecular flexibility index (Phi) is 7.39. The van der Waals surface area contributed by atoms with Gasteiger partial charge in [0.15, 0.2) is 0 Å². The zero-order valence-corrected chi connectivity index (χ0v) is 13.9. The first-order valence-electron chi connectivity index (χ1n) is 7.29. The second-order valence-electron chi connectivity index (χ2n) is 6.92. The van der Waals surface area contributed by atoms with Crippen LogP contribution in [0.15, 0.2) is 0 Å². The molecule has 0 aliphatic heterocycles. The number of hydrogen-bond acceptors (Lipinski definition) is 3. The summed E-state index contributed by atoms with van der Waals surface area (Å²) in [6, 6.07) is -0.655. The van der Waals surface area contributed by atoms with Gasteiger partial charge < -0.3 is 16.4 Å². The Morgan fingerprint density at radius 2 is 1.62 bits per heavy atom. The number of carbonyl (C=O) groups is 3. The lowest BCUT2D eigenvalue weighted by Crippen LogP contribution is -2.54. The molecule has 3 amide bonds. The molecule has 0 saturated heterocycles. The molecule has 2 atom stereocenters. The fraction of sp³-hybridized carbons (Fsp3) is 0.800. The van der Waals surface area contributed by atoms with Gasteiger partial charge in [0.25, 0.3) is 0 Å². The molecule has 0 aromatic heterocycles.